The molecule has 1 aliphatic heterocycles. The Labute approximate surface area is 153 Å². The Hall–Kier alpha value is -2.58. The van der Waals surface area contributed by atoms with Crippen LogP contribution in [0.3, 0.4) is 0 Å². The molecule has 2 N–H and O–H groups in total. The number of hydrogen-bond acceptors (Lipinski definition) is 5. The minimum Gasteiger partial charge on any atom is -0.476 e. The molecule has 0 amide bonds. The average Bonchev–Trinajstić information content (AvgIpc) is 3.30. The van der Waals surface area contributed by atoms with E-state index in [1.165, 1.54) is 28.8 Å². The average molecular weight is 372 g/mol. The first kappa shape index (κ1) is 16.9. The van der Waals surface area contributed by atoms with Gasteiger partial charge in [0.05, 0.1) is 12.0 Å². The molecule has 134 valence electrons. The van der Waals surface area contributed by atoms with Gasteiger partial charge in [-0.3, -0.25) is 0 Å². The van der Waals surface area contributed by atoms with Gasteiger partial charge in [-0.15, -0.1) is 11.3 Å². The molecule has 0 bridgehead atoms. The van der Waals surface area contributed by atoms with Crippen molar-refractivity contribution in [2.75, 3.05) is 13.1 Å². The highest BCUT2D eigenvalue weighted by Gasteiger charge is 2.24. The minimum absolute atomic E-state index is 0.0214. The van der Waals surface area contributed by atoms with Crippen LogP contribution < -0.4 is 5.32 Å². The summed E-state index contributed by atoms with van der Waals surface area (Å²) in [6.45, 7) is 1.85. The summed E-state index contributed by atoms with van der Waals surface area (Å²) in [5.41, 5.74) is 2.28. The second-order valence-electron chi connectivity index (χ2n) is 6.18. The minimum atomic E-state index is -1.05. The van der Waals surface area contributed by atoms with Gasteiger partial charge >= 0.3 is 5.97 Å². The molecule has 3 aromatic rings. The molecular weight excluding hydrogens is 355 g/mol. The second-order valence-corrected chi connectivity index (χ2v) is 7.04. The van der Waals surface area contributed by atoms with Gasteiger partial charge in [0.2, 0.25) is 0 Å². The van der Waals surface area contributed by atoms with Crippen molar-refractivity contribution >= 4 is 17.3 Å². The lowest BCUT2D eigenvalue weighted by molar-refractivity contribution is 0.0691. The highest BCUT2D eigenvalue weighted by molar-refractivity contribution is 7.13. The summed E-state index contributed by atoms with van der Waals surface area (Å²) in [6, 6.07) is 6.42. The SMILES string of the molecule is O=C(O)c1csc(-c2c(-c3ccc(F)cc3)ncn2C2CCNCC2)n1. The zero-order valence-corrected chi connectivity index (χ0v) is 14.7. The molecular formula is C18H17FN4O2S. The van der Waals surface area contributed by atoms with Crippen LogP contribution in [-0.2, 0) is 0 Å². The van der Waals surface area contributed by atoms with E-state index in [4.69, 9.17) is 0 Å². The highest BCUT2D eigenvalue weighted by Crippen LogP contribution is 2.36. The first-order valence-electron chi connectivity index (χ1n) is 8.36. The molecule has 0 aliphatic carbocycles. The number of rotatable bonds is 4. The molecule has 6 nitrogen and oxygen atoms in total. The van der Waals surface area contributed by atoms with Crippen molar-refractivity contribution in [1.82, 2.24) is 19.9 Å². The van der Waals surface area contributed by atoms with Crippen LogP contribution in [-0.4, -0.2) is 38.7 Å². The maximum absolute atomic E-state index is 13.3. The Kier molecular flexibility index (Phi) is 4.52. The summed E-state index contributed by atoms with van der Waals surface area (Å²) in [4.78, 5) is 20.1. The van der Waals surface area contributed by atoms with Crippen molar-refractivity contribution in [2.45, 2.75) is 18.9 Å². The lowest BCUT2D eigenvalue weighted by Crippen LogP contribution is -2.29. The van der Waals surface area contributed by atoms with E-state index in [1.54, 1.807) is 18.5 Å². The fraction of sp³-hybridized carbons (Fsp3) is 0.278. The number of aromatic carboxylic acids is 1. The van der Waals surface area contributed by atoms with Crippen molar-refractivity contribution in [3.63, 3.8) is 0 Å². The largest absolute Gasteiger partial charge is 0.476 e. The maximum Gasteiger partial charge on any atom is 0.355 e. The fourth-order valence-electron chi connectivity index (χ4n) is 3.23. The van der Waals surface area contributed by atoms with E-state index < -0.39 is 5.97 Å². The van der Waals surface area contributed by atoms with Crippen molar-refractivity contribution < 1.29 is 14.3 Å². The van der Waals surface area contributed by atoms with E-state index in [9.17, 15) is 14.3 Å². The number of thiazole rings is 1. The molecule has 3 heterocycles. The number of nitrogens with one attached hydrogen (secondary N) is 1. The Morgan fingerprint density at radius 1 is 1.27 bits per heavy atom. The number of aromatic nitrogens is 3. The number of carboxylic acid groups (broad SMARTS) is 1. The molecule has 0 atom stereocenters. The number of imidazole rings is 1. The monoisotopic (exact) mass is 372 g/mol. The van der Waals surface area contributed by atoms with Crippen molar-refractivity contribution in [2.24, 2.45) is 0 Å². The molecule has 1 fully saturated rings. The standard InChI is InChI=1S/C18H17FN4O2S/c19-12-3-1-11(2-4-12)15-16(17-22-14(9-26-17)18(24)25)23(10-21-15)13-5-7-20-8-6-13/h1-4,9-10,13,20H,5-8H2,(H,24,25). The molecule has 1 aromatic carbocycles. The molecule has 0 spiro atoms. The van der Waals surface area contributed by atoms with Gasteiger partial charge < -0.3 is 15.0 Å². The number of piperidine rings is 1. The van der Waals surface area contributed by atoms with Crippen LogP contribution in [0.5, 0.6) is 0 Å². The van der Waals surface area contributed by atoms with E-state index in [0.29, 0.717) is 10.7 Å². The van der Waals surface area contributed by atoms with Gasteiger partial charge in [0, 0.05) is 17.0 Å². The van der Waals surface area contributed by atoms with E-state index in [0.717, 1.165) is 37.2 Å². The zero-order chi connectivity index (χ0) is 18.1. The number of carbonyl (C=O) groups is 1. The topological polar surface area (TPSA) is 80.0 Å². The second kappa shape index (κ2) is 6.97. The van der Waals surface area contributed by atoms with Crippen molar-refractivity contribution in [1.29, 1.82) is 0 Å². The maximum atomic E-state index is 13.3. The number of nitrogens with zero attached hydrogens (tertiary/aromatic N) is 3. The first-order chi connectivity index (χ1) is 12.6. The van der Waals surface area contributed by atoms with Gasteiger partial charge in [-0.25, -0.2) is 19.2 Å². The van der Waals surface area contributed by atoms with Crippen molar-refractivity contribution in [3.05, 3.63) is 47.5 Å². The smallest absolute Gasteiger partial charge is 0.355 e. The predicted octanol–water partition coefficient (Wildman–Crippen LogP) is 3.44. The van der Waals surface area contributed by atoms with E-state index in [-0.39, 0.29) is 17.6 Å². The fourth-order valence-corrected chi connectivity index (χ4v) is 4.08. The van der Waals surface area contributed by atoms with Gasteiger partial charge in [0.1, 0.15) is 16.5 Å². The molecule has 1 aliphatic rings. The van der Waals surface area contributed by atoms with Crippen LogP contribution in [0.15, 0.2) is 36.0 Å². The number of halogens is 1. The van der Waals surface area contributed by atoms with Gasteiger partial charge in [0.25, 0.3) is 0 Å². The van der Waals surface area contributed by atoms with Gasteiger partial charge in [-0.05, 0) is 50.2 Å². The predicted molar refractivity (Wildman–Crippen MR) is 96.8 cm³/mol. The van der Waals surface area contributed by atoms with Gasteiger partial charge in [0.15, 0.2) is 5.69 Å². The molecule has 1 saturated heterocycles. The number of carboxylic acids is 1. The summed E-state index contributed by atoms with van der Waals surface area (Å²) in [5, 5.41) is 14.7. The molecule has 26 heavy (non-hydrogen) atoms. The normalized spacial score (nSPS) is 15.3. The molecule has 0 radical (unpaired) electrons. The van der Waals surface area contributed by atoms with Crippen LogP contribution in [0.1, 0.15) is 29.4 Å². The summed E-state index contributed by atoms with van der Waals surface area (Å²) in [6.07, 6.45) is 3.71. The first-order valence-corrected chi connectivity index (χ1v) is 9.24. The summed E-state index contributed by atoms with van der Waals surface area (Å²) in [7, 11) is 0. The molecule has 4 rings (SSSR count). The van der Waals surface area contributed by atoms with Crippen LogP contribution in [0.2, 0.25) is 0 Å². The lowest BCUT2D eigenvalue weighted by atomic mass is 10.1. The quantitative estimate of drug-likeness (QED) is 0.733. The summed E-state index contributed by atoms with van der Waals surface area (Å²) < 4.78 is 15.4. The van der Waals surface area contributed by atoms with E-state index in [1.807, 2.05) is 0 Å². The Morgan fingerprint density at radius 2 is 2.00 bits per heavy atom. The molecule has 2 aromatic heterocycles. The van der Waals surface area contributed by atoms with Gasteiger partial charge in [-0.2, -0.15) is 0 Å². The molecule has 0 saturated carbocycles. The van der Waals surface area contributed by atoms with E-state index in [2.05, 4.69) is 19.9 Å². The third kappa shape index (κ3) is 3.13. The Balaban J connectivity index is 1.84. The summed E-state index contributed by atoms with van der Waals surface area (Å²) >= 11 is 1.28. The molecule has 8 heteroatoms. The van der Waals surface area contributed by atoms with Crippen LogP contribution in [0.25, 0.3) is 22.0 Å². The Morgan fingerprint density at radius 3 is 2.65 bits per heavy atom. The third-order valence-corrected chi connectivity index (χ3v) is 5.39. The number of benzene rings is 1. The van der Waals surface area contributed by atoms with E-state index >= 15 is 0 Å². The lowest BCUT2D eigenvalue weighted by Gasteiger charge is -2.25. The number of hydrogen-bond donors (Lipinski definition) is 2. The van der Waals surface area contributed by atoms with Crippen molar-refractivity contribution in [3.8, 4) is 22.0 Å². The molecule has 0 unspecified atom stereocenters. The zero-order valence-electron chi connectivity index (χ0n) is 13.9. The van der Waals surface area contributed by atoms with Crippen LogP contribution >= 0.6 is 11.3 Å². The summed E-state index contributed by atoms with van der Waals surface area (Å²) in [5.74, 6) is -1.36. The Bertz CT molecular complexity index is 929. The van der Waals surface area contributed by atoms with Gasteiger partial charge in [-0.1, -0.05) is 0 Å². The van der Waals surface area contributed by atoms with Crippen LogP contribution in [0, 0.1) is 5.82 Å². The third-order valence-electron chi connectivity index (χ3n) is 4.54. The highest BCUT2D eigenvalue weighted by atomic mass is 32.1. The van der Waals surface area contributed by atoms with Crippen LogP contribution in [0.4, 0.5) is 4.39 Å².